The molecule has 0 bridgehead atoms. The van der Waals surface area contributed by atoms with Crippen LogP contribution in [0, 0.1) is 11.8 Å². The van der Waals surface area contributed by atoms with Gasteiger partial charge in [0.15, 0.2) is 0 Å². The van der Waals surface area contributed by atoms with Crippen LogP contribution in [0.25, 0.3) is 0 Å². The van der Waals surface area contributed by atoms with Crippen molar-refractivity contribution in [2.75, 3.05) is 0 Å². The van der Waals surface area contributed by atoms with Gasteiger partial charge in [-0.3, -0.25) is 0 Å². The molecule has 1 nitrogen and oxygen atoms in total. The lowest BCUT2D eigenvalue weighted by Crippen LogP contribution is -2.37. The molecule has 2 rings (SSSR count). The van der Waals surface area contributed by atoms with E-state index in [1.165, 1.54) is 76.2 Å². The van der Waals surface area contributed by atoms with Crippen molar-refractivity contribution in [1.82, 2.24) is 0 Å². The molecule has 0 amide bonds. The van der Waals surface area contributed by atoms with Gasteiger partial charge in [0.05, 0.1) is 0 Å². The van der Waals surface area contributed by atoms with Crippen molar-refractivity contribution in [3.63, 3.8) is 0 Å². The molecule has 1 heteroatoms. The molecule has 0 N–H and O–H groups in total. The maximum absolute atomic E-state index is 6.56. The molecule has 0 heterocycles. The fourth-order valence-electron chi connectivity index (χ4n) is 4.81. The second kappa shape index (κ2) is 11.1. The van der Waals surface area contributed by atoms with E-state index in [0.717, 1.165) is 11.7 Å². The first kappa shape index (κ1) is 22.3. The third kappa shape index (κ3) is 7.51. The largest absolute Gasteiger partial charge is 0.488 e. The molecule has 1 fully saturated rings. The number of hydrogen-bond acceptors (Lipinski definition) is 1. The highest BCUT2D eigenvalue weighted by atomic mass is 16.5. The van der Waals surface area contributed by atoms with Crippen molar-refractivity contribution in [1.29, 1.82) is 0 Å². The van der Waals surface area contributed by atoms with Crippen molar-refractivity contribution in [2.45, 2.75) is 117 Å². The van der Waals surface area contributed by atoms with E-state index in [1.807, 2.05) is 0 Å². The van der Waals surface area contributed by atoms with Crippen molar-refractivity contribution in [3.8, 4) is 5.75 Å². The van der Waals surface area contributed by atoms with Crippen molar-refractivity contribution in [3.05, 3.63) is 29.8 Å². The molecule has 154 valence electrons. The molecular weight excluding hydrogens is 328 g/mol. The minimum absolute atomic E-state index is 0.0806. The molecule has 0 aromatic heterocycles. The minimum atomic E-state index is -0.0806. The molecule has 0 spiro atoms. The van der Waals surface area contributed by atoms with Gasteiger partial charge in [0.2, 0.25) is 0 Å². The molecule has 1 saturated carbocycles. The first-order valence-electron chi connectivity index (χ1n) is 11.7. The number of hydrogen-bond donors (Lipinski definition) is 0. The van der Waals surface area contributed by atoms with Gasteiger partial charge in [0.1, 0.15) is 11.4 Å². The van der Waals surface area contributed by atoms with Crippen LogP contribution < -0.4 is 4.74 Å². The van der Waals surface area contributed by atoms with Gasteiger partial charge in [0.25, 0.3) is 0 Å². The van der Waals surface area contributed by atoms with Crippen LogP contribution in [-0.4, -0.2) is 5.60 Å². The molecule has 1 unspecified atom stereocenters. The van der Waals surface area contributed by atoms with Crippen LogP contribution in [0.1, 0.15) is 117 Å². The van der Waals surface area contributed by atoms with Crippen molar-refractivity contribution >= 4 is 0 Å². The van der Waals surface area contributed by atoms with E-state index in [1.54, 1.807) is 0 Å². The predicted octanol–water partition coefficient (Wildman–Crippen LogP) is 8.52. The summed E-state index contributed by atoms with van der Waals surface area (Å²) < 4.78 is 6.56. The summed E-state index contributed by atoms with van der Waals surface area (Å²) in [5, 5.41) is 0. The molecule has 1 aliphatic rings. The van der Waals surface area contributed by atoms with E-state index in [0.29, 0.717) is 11.8 Å². The van der Waals surface area contributed by atoms with Crippen LogP contribution in [0.3, 0.4) is 0 Å². The van der Waals surface area contributed by atoms with E-state index >= 15 is 0 Å². The molecule has 1 aromatic rings. The Kier molecular flexibility index (Phi) is 9.19. The van der Waals surface area contributed by atoms with Crippen LogP contribution in [0.15, 0.2) is 24.3 Å². The number of rotatable bonds is 7. The highest BCUT2D eigenvalue weighted by Gasteiger charge is 2.31. The zero-order valence-electron chi connectivity index (χ0n) is 18.7. The number of ether oxygens (including phenoxy) is 1. The summed E-state index contributed by atoms with van der Waals surface area (Å²) in [6.45, 7) is 11.6. The van der Waals surface area contributed by atoms with Gasteiger partial charge in [-0.25, -0.2) is 0 Å². The quantitative estimate of drug-likeness (QED) is 0.466. The Morgan fingerprint density at radius 1 is 0.889 bits per heavy atom. The van der Waals surface area contributed by atoms with Crippen LogP contribution in [0.2, 0.25) is 0 Å². The second-order valence-electron chi connectivity index (χ2n) is 9.76. The van der Waals surface area contributed by atoms with Gasteiger partial charge >= 0.3 is 0 Å². The van der Waals surface area contributed by atoms with Gasteiger partial charge in [-0.05, 0) is 75.0 Å². The third-order valence-corrected chi connectivity index (χ3v) is 6.57. The minimum Gasteiger partial charge on any atom is -0.488 e. The smallest absolute Gasteiger partial charge is 0.120 e. The molecule has 27 heavy (non-hydrogen) atoms. The Morgan fingerprint density at radius 3 is 1.89 bits per heavy atom. The molecule has 1 aliphatic carbocycles. The zero-order chi connectivity index (χ0) is 19.7. The average Bonchev–Trinajstić information content (AvgIpc) is 2.64. The lowest BCUT2D eigenvalue weighted by molar-refractivity contribution is 0.0318. The molecule has 1 atom stereocenters. The van der Waals surface area contributed by atoms with Gasteiger partial charge in [-0.15, -0.1) is 0 Å². The summed E-state index contributed by atoms with van der Waals surface area (Å²) in [6.07, 6.45) is 14.9. The topological polar surface area (TPSA) is 9.23 Å². The lowest BCUT2D eigenvalue weighted by atomic mass is 9.81. The normalized spacial score (nSPS) is 19.0. The first-order chi connectivity index (χ1) is 12.9. The zero-order valence-corrected chi connectivity index (χ0v) is 18.7. The number of benzene rings is 1. The van der Waals surface area contributed by atoms with Crippen molar-refractivity contribution in [2.24, 2.45) is 11.8 Å². The fourth-order valence-corrected chi connectivity index (χ4v) is 4.81. The predicted molar refractivity (Wildman–Crippen MR) is 119 cm³/mol. The Hall–Kier alpha value is -0.980. The van der Waals surface area contributed by atoms with E-state index in [-0.39, 0.29) is 5.60 Å². The summed E-state index contributed by atoms with van der Waals surface area (Å²) in [5.74, 6) is 3.13. The summed E-state index contributed by atoms with van der Waals surface area (Å²) in [6, 6.07) is 9.02. The molecule has 0 saturated heterocycles. The van der Waals surface area contributed by atoms with Crippen LogP contribution >= 0.6 is 0 Å². The van der Waals surface area contributed by atoms with E-state index in [2.05, 4.69) is 58.9 Å². The maximum atomic E-state index is 6.56. The molecule has 0 aliphatic heterocycles. The third-order valence-electron chi connectivity index (χ3n) is 6.57. The first-order valence-corrected chi connectivity index (χ1v) is 11.7. The highest BCUT2D eigenvalue weighted by molar-refractivity contribution is 5.30. The maximum Gasteiger partial charge on any atom is 0.120 e. The van der Waals surface area contributed by atoms with Crippen molar-refractivity contribution < 1.29 is 4.74 Å². The van der Waals surface area contributed by atoms with Gasteiger partial charge in [-0.1, -0.05) is 77.8 Å². The summed E-state index contributed by atoms with van der Waals surface area (Å²) in [5.41, 5.74) is 1.39. The average molecular weight is 373 g/mol. The Labute approximate surface area is 169 Å². The van der Waals surface area contributed by atoms with E-state index in [4.69, 9.17) is 4.74 Å². The Balaban J connectivity index is 2.00. The van der Waals surface area contributed by atoms with Crippen LogP contribution in [-0.2, 0) is 0 Å². The van der Waals surface area contributed by atoms with Gasteiger partial charge in [-0.2, -0.15) is 0 Å². The van der Waals surface area contributed by atoms with E-state index in [9.17, 15) is 0 Å². The summed E-state index contributed by atoms with van der Waals surface area (Å²) in [7, 11) is 0. The SMILES string of the molecule is CCC(CC(C)C)c1ccc(OC(C)(C)C2CCCCCCCCC2)cc1. The Bertz CT molecular complexity index is 504. The Morgan fingerprint density at radius 2 is 1.41 bits per heavy atom. The molecule has 0 radical (unpaired) electrons. The van der Waals surface area contributed by atoms with Crippen LogP contribution in [0.5, 0.6) is 5.75 Å². The molecular formula is C26H44O. The summed E-state index contributed by atoms with van der Waals surface area (Å²) in [4.78, 5) is 0. The molecule has 1 aromatic carbocycles. The highest BCUT2D eigenvalue weighted by Crippen LogP contribution is 2.35. The second-order valence-corrected chi connectivity index (χ2v) is 9.76. The monoisotopic (exact) mass is 372 g/mol. The lowest BCUT2D eigenvalue weighted by Gasteiger charge is -2.36. The van der Waals surface area contributed by atoms with E-state index < -0.39 is 0 Å². The summed E-state index contributed by atoms with van der Waals surface area (Å²) >= 11 is 0. The van der Waals surface area contributed by atoms with Gasteiger partial charge in [0, 0.05) is 0 Å². The standard InChI is InChI=1S/C26H44O/c1-6-22(20-21(2)3)23-16-18-25(19-17-23)27-26(4,5)24-14-12-10-8-7-9-11-13-15-24/h16-19,21-22,24H,6-15,20H2,1-5H3. The van der Waals surface area contributed by atoms with Crippen LogP contribution in [0.4, 0.5) is 0 Å². The fraction of sp³-hybridized carbons (Fsp3) is 0.769. The van der Waals surface area contributed by atoms with Gasteiger partial charge < -0.3 is 4.74 Å².